The molecule has 0 aromatic heterocycles. The summed E-state index contributed by atoms with van der Waals surface area (Å²) in [6.45, 7) is 0. The van der Waals surface area contributed by atoms with Gasteiger partial charge in [-0.05, 0) is 63.8 Å². The van der Waals surface area contributed by atoms with Crippen molar-refractivity contribution >= 4 is 27.5 Å². The van der Waals surface area contributed by atoms with Gasteiger partial charge in [0.25, 0.3) is 0 Å². The maximum atomic E-state index is 13.3. The minimum absolute atomic E-state index is 0.300. The minimum atomic E-state index is -0.361. The summed E-state index contributed by atoms with van der Waals surface area (Å²) in [6.07, 6.45) is 0.394. The van der Waals surface area contributed by atoms with Crippen molar-refractivity contribution in [3.05, 3.63) is 68.7 Å². The van der Waals surface area contributed by atoms with E-state index in [1.54, 1.807) is 12.1 Å². The van der Waals surface area contributed by atoms with E-state index in [0.29, 0.717) is 21.5 Å². The third-order valence-corrected chi connectivity index (χ3v) is 3.96. The Hall–Kier alpha value is -1.01. The zero-order valence-electron chi connectivity index (χ0n) is 10.3. The molecule has 0 aliphatic heterocycles. The van der Waals surface area contributed by atoms with Crippen molar-refractivity contribution in [2.45, 2.75) is 12.5 Å². The SMILES string of the molecule is NNC(Cc1cc(F)ccc1Cl)c1ccc(F)c(Br)c1. The Morgan fingerprint density at radius 1 is 1.20 bits per heavy atom. The molecule has 6 heteroatoms. The lowest BCUT2D eigenvalue weighted by Crippen LogP contribution is -2.29. The van der Waals surface area contributed by atoms with Gasteiger partial charge < -0.3 is 0 Å². The van der Waals surface area contributed by atoms with Gasteiger partial charge in [-0.2, -0.15) is 0 Å². The van der Waals surface area contributed by atoms with Crippen molar-refractivity contribution in [3.63, 3.8) is 0 Å². The monoisotopic (exact) mass is 360 g/mol. The molecule has 0 fully saturated rings. The van der Waals surface area contributed by atoms with E-state index in [-0.39, 0.29) is 17.7 Å². The second-order valence-electron chi connectivity index (χ2n) is 4.33. The lowest BCUT2D eigenvalue weighted by Gasteiger charge is -2.17. The molecule has 2 aromatic carbocycles. The van der Waals surface area contributed by atoms with E-state index in [1.165, 1.54) is 24.3 Å². The van der Waals surface area contributed by atoms with E-state index in [4.69, 9.17) is 17.4 Å². The molecule has 0 saturated heterocycles. The molecule has 2 nitrogen and oxygen atoms in total. The molecule has 106 valence electrons. The smallest absolute Gasteiger partial charge is 0.137 e. The summed E-state index contributed by atoms with van der Waals surface area (Å²) in [5.74, 6) is 4.82. The number of hydrogen-bond donors (Lipinski definition) is 2. The fourth-order valence-electron chi connectivity index (χ4n) is 1.92. The van der Waals surface area contributed by atoms with Crippen molar-refractivity contribution in [2.24, 2.45) is 5.84 Å². The van der Waals surface area contributed by atoms with Crippen LogP contribution in [0, 0.1) is 11.6 Å². The summed E-state index contributed by atoms with van der Waals surface area (Å²) < 4.78 is 26.8. The molecule has 1 unspecified atom stereocenters. The van der Waals surface area contributed by atoms with E-state index in [1.807, 2.05) is 0 Å². The first-order chi connectivity index (χ1) is 9.51. The zero-order chi connectivity index (χ0) is 14.7. The van der Waals surface area contributed by atoms with Crippen molar-refractivity contribution in [1.29, 1.82) is 0 Å². The van der Waals surface area contributed by atoms with Gasteiger partial charge in [0, 0.05) is 5.02 Å². The summed E-state index contributed by atoms with van der Waals surface area (Å²) in [6, 6.07) is 8.46. The molecule has 0 bridgehead atoms. The second kappa shape index (κ2) is 6.63. The summed E-state index contributed by atoms with van der Waals surface area (Å²) in [5.41, 5.74) is 4.05. The van der Waals surface area contributed by atoms with Crippen LogP contribution in [0.3, 0.4) is 0 Å². The van der Waals surface area contributed by atoms with Crippen LogP contribution >= 0.6 is 27.5 Å². The van der Waals surface area contributed by atoms with Crippen molar-refractivity contribution in [2.75, 3.05) is 0 Å². The molecule has 0 aliphatic carbocycles. The molecule has 0 aliphatic rings. The Morgan fingerprint density at radius 3 is 2.60 bits per heavy atom. The molecule has 0 spiro atoms. The quantitative estimate of drug-likeness (QED) is 0.635. The summed E-state index contributed by atoms with van der Waals surface area (Å²) in [7, 11) is 0. The van der Waals surface area contributed by atoms with Crippen LogP contribution in [0.5, 0.6) is 0 Å². The van der Waals surface area contributed by atoms with Gasteiger partial charge in [0.15, 0.2) is 0 Å². The van der Waals surface area contributed by atoms with Gasteiger partial charge >= 0.3 is 0 Å². The molecular formula is C14H12BrClF2N2. The highest BCUT2D eigenvalue weighted by atomic mass is 79.9. The molecular weight excluding hydrogens is 350 g/mol. The van der Waals surface area contributed by atoms with E-state index in [9.17, 15) is 8.78 Å². The van der Waals surface area contributed by atoms with Crippen LogP contribution in [-0.4, -0.2) is 0 Å². The van der Waals surface area contributed by atoms with E-state index < -0.39 is 0 Å². The second-order valence-corrected chi connectivity index (χ2v) is 5.59. The Labute approximate surface area is 129 Å². The van der Waals surface area contributed by atoms with Gasteiger partial charge in [-0.3, -0.25) is 11.3 Å². The lowest BCUT2D eigenvalue weighted by molar-refractivity contribution is 0.545. The fraction of sp³-hybridized carbons (Fsp3) is 0.143. The molecule has 2 rings (SSSR count). The third-order valence-electron chi connectivity index (χ3n) is 2.98. The number of halogens is 4. The number of hydrogen-bond acceptors (Lipinski definition) is 2. The van der Waals surface area contributed by atoms with Crippen LogP contribution in [0.4, 0.5) is 8.78 Å². The number of hydrazine groups is 1. The first-order valence-electron chi connectivity index (χ1n) is 5.86. The van der Waals surface area contributed by atoms with E-state index >= 15 is 0 Å². The van der Waals surface area contributed by atoms with Crippen LogP contribution in [-0.2, 0) is 6.42 Å². The van der Waals surface area contributed by atoms with Gasteiger partial charge in [0.2, 0.25) is 0 Å². The minimum Gasteiger partial charge on any atom is -0.271 e. The van der Waals surface area contributed by atoms with Gasteiger partial charge in [-0.25, -0.2) is 8.78 Å². The van der Waals surface area contributed by atoms with E-state index in [2.05, 4.69) is 21.4 Å². The summed E-state index contributed by atoms with van der Waals surface area (Å²) >= 11 is 9.16. The summed E-state index contributed by atoms with van der Waals surface area (Å²) in [5, 5.41) is 0.466. The highest BCUT2D eigenvalue weighted by molar-refractivity contribution is 9.10. The number of nitrogens with two attached hydrogens (primary N) is 1. The Kier molecular flexibility index (Phi) is 5.10. The fourth-order valence-corrected chi connectivity index (χ4v) is 2.51. The van der Waals surface area contributed by atoms with Crippen LogP contribution < -0.4 is 11.3 Å². The van der Waals surface area contributed by atoms with Gasteiger partial charge in [-0.15, -0.1) is 0 Å². The Bertz CT molecular complexity index is 622. The van der Waals surface area contributed by atoms with Crippen molar-refractivity contribution in [1.82, 2.24) is 5.43 Å². The topological polar surface area (TPSA) is 38.0 Å². The molecule has 20 heavy (non-hydrogen) atoms. The highest BCUT2D eigenvalue weighted by Crippen LogP contribution is 2.26. The van der Waals surface area contributed by atoms with Crippen LogP contribution in [0.2, 0.25) is 5.02 Å². The van der Waals surface area contributed by atoms with E-state index in [0.717, 1.165) is 5.56 Å². The zero-order valence-corrected chi connectivity index (χ0v) is 12.7. The maximum Gasteiger partial charge on any atom is 0.137 e. The van der Waals surface area contributed by atoms with Crippen molar-refractivity contribution < 1.29 is 8.78 Å². The standard InChI is InChI=1S/C14H12BrClF2N2/c15-11-6-8(1-4-13(11)18)14(20-19)7-9-5-10(17)2-3-12(9)16/h1-6,14,20H,7,19H2. The first-order valence-corrected chi connectivity index (χ1v) is 7.03. The molecule has 2 aromatic rings. The maximum absolute atomic E-state index is 13.3. The summed E-state index contributed by atoms with van der Waals surface area (Å²) in [4.78, 5) is 0. The van der Waals surface area contributed by atoms with Gasteiger partial charge in [0.1, 0.15) is 11.6 Å². The average Bonchev–Trinajstić information content (AvgIpc) is 2.43. The van der Waals surface area contributed by atoms with Crippen molar-refractivity contribution in [3.8, 4) is 0 Å². The average molecular weight is 362 g/mol. The third kappa shape index (κ3) is 3.55. The molecule has 0 amide bonds. The van der Waals surface area contributed by atoms with Crippen LogP contribution in [0.25, 0.3) is 0 Å². The Morgan fingerprint density at radius 2 is 1.95 bits per heavy atom. The number of benzene rings is 2. The molecule has 1 atom stereocenters. The molecule has 3 N–H and O–H groups in total. The van der Waals surface area contributed by atoms with Crippen LogP contribution in [0.15, 0.2) is 40.9 Å². The number of rotatable bonds is 4. The largest absolute Gasteiger partial charge is 0.271 e. The lowest BCUT2D eigenvalue weighted by atomic mass is 9.99. The predicted octanol–water partition coefficient (Wildman–Crippen LogP) is 4.13. The Balaban J connectivity index is 2.28. The highest BCUT2D eigenvalue weighted by Gasteiger charge is 2.14. The van der Waals surface area contributed by atoms with Gasteiger partial charge in [-0.1, -0.05) is 17.7 Å². The normalized spacial score (nSPS) is 12.4. The molecule has 0 saturated carbocycles. The van der Waals surface area contributed by atoms with Gasteiger partial charge in [0.05, 0.1) is 10.5 Å². The predicted molar refractivity (Wildman–Crippen MR) is 79.3 cm³/mol. The first kappa shape index (κ1) is 15.4. The molecule has 0 heterocycles. The molecule has 0 radical (unpaired) electrons. The van der Waals surface area contributed by atoms with Crippen LogP contribution in [0.1, 0.15) is 17.2 Å². The number of nitrogens with one attached hydrogen (secondary N) is 1.